The molecule has 1 aromatic heterocycles. The molecule has 2 aliphatic rings. The molecule has 0 bridgehead atoms. The van der Waals surface area contributed by atoms with E-state index in [0.717, 1.165) is 28.1 Å². The lowest BCUT2D eigenvalue weighted by atomic mass is 9.66. The van der Waals surface area contributed by atoms with Gasteiger partial charge in [0.05, 0.1) is 21.8 Å². The predicted octanol–water partition coefficient (Wildman–Crippen LogP) is 12.9. The number of para-hydroxylation sites is 1. The third-order valence-corrected chi connectivity index (χ3v) is 12.2. The highest BCUT2D eigenvalue weighted by atomic mass is 32.2. The van der Waals surface area contributed by atoms with Gasteiger partial charge >= 0.3 is 0 Å². The molecule has 1 spiro atoms. The van der Waals surface area contributed by atoms with E-state index in [2.05, 4.69) is 181 Å². The van der Waals surface area contributed by atoms with Crippen molar-refractivity contribution in [2.24, 2.45) is 0 Å². The summed E-state index contributed by atoms with van der Waals surface area (Å²) in [6.45, 7) is 2.17. The molecule has 240 valence electrons. The first-order valence-corrected chi connectivity index (χ1v) is 18.3. The normalized spacial score (nSPS) is 13.6. The van der Waals surface area contributed by atoms with Crippen molar-refractivity contribution >= 4 is 44.3 Å². The van der Waals surface area contributed by atoms with Crippen LogP contribution in [0.4, 0.5) is 0 Å². The van der Waals surface area contributed by atoms with Crippen LogP contribution < -0.4 is 4.74 Å². The molecular formula is C48H31NOS. The number of benzene rings is 8. The lowest BCUT2D eigenvalue weighted by Crippen LogP contribution is -2.32. The van der Waals surface area contributed by atoms with Crippen LogP contribution in [0.15, 0.2) is 180 Å². The lowest BCUT2D eigenvalue weighted by Gasteiger charge is -2.39. The summed E-state index contributed by atoms with van der Waals surface area (Å²) in [4.78, 5) is 2.50. The number of hydrogen-bond acceptors (Lipinski definition) is 2. The number of rotatable bonds is 3. The van der Waals surface area contributed by atoms with Crippen LogP contribution in [-0.4, -0.2) is 4.57 Å². The molecule has 2 heterocycles. The number of fused-ring (bicyclic) bond motifs is 15. The first-order chi connectivity index (χ1) is 25.2. The van der Waals surface area contributed by atoms with Crippen LogP contribution in [0, 0.1) is 6.92 Å². The predicted molar refractivity (Wildman–Crippen MR) is 211 cm³/mol. The Labute approximate surface area is 300 Å². The molecule has 0 radical (unpaired) electrons. The molecule has 0 unspecified atom stereocenters. The van der Waals surface area contributed by atoms with Gasteiger partial charge in [-0.2, -0.15) is 0 Å². The van der Waals surface area contributed by atoms with E-state index in [1.807, 2.05) is 11.8 Å². The Bertz CT molecular complexity index is 2840. The van der Waals surface area contributed by atoms with Crippen molar-refractivity contribution < 1.29 is 4.74 Å². The van der Waals surface area contributed by atoms with E-state index in [-0.39, 0.29) is 0 Å². The number of hydrogen-bond donors (Lipinski definition) is 0. The molecule has 1 aliphatic carbocycles. The van der Waals surface area contributed by atoms with Gasteiger partial charge in [0.2, 0.25) is 0 Å². The maximum Gasteiger partial charge on any atom is 0.142 e. The van der Waals surface area contributed by atoms with Crippen LogP contribution in [-0.2, 0) is 5.41 Å². The Hall–Kier alpha value is -6.03. The topological polar surface area (TPSA) is 14.2 Å². The van der Waals surface area contributed by atoms with Crippen molar-refractivity contribution in [1.82, 2.24) is 4.57 Å². The van der Waals surface area contributed by atoms with E-state index in [9.17, 15) is 0 Å². The summed E-state index contributed by atoms with van der Waals surface area (Å²) in [6.07, 6.45) is 0. The van der Waals surface area contributed by atoms with Crippen molar-refractivity contribution in [1.29, 1.82) is 0 Å². The number of aryl methyl sites for hydroxylation is 1. The molecule has 11 rings (SSSR count). The van der Waals surface area contributed by atoms with Gasteiger partial charge in [-0.25, -0.2) is 0 Å². The SMILES string of the molecule is Cc1ccccc1Sc1ccc(-n2c3ccc4c(c3c3c5ccccc5ccc32)Oc2ccccc2C42c3ccccc3-c3ccccc32)cc1. The zero-order valence-electron chi connectivity index (χ0n) is 27.9. The van der Waals surface area contributed by atoms with Gasteiger partial charge in [0.25, 0.3) is 0 Å². The molecule has 2 nitrogen and oxygen atoms in total. The largest absolute Gasteiger partial charge is 0.456 e. The van der Waals surface area contributed by atoms with Gasteiger partial charge in [0.15, 0.2) is 0 Å². The second-order valence-electron chi connectivity index (χ2n) is 13.7. The fraction of sp³-hybridized carbons (Fsp3) is 0.0417. The molecule has 3 heteroatoms. The molecular weight excluding hydrogens is 639 g/mol. The Morgan fingerprint density at radius 1 is 0.510 bits per heavy atom. The summed E-state index contributed by atoms with van der Waals surface area (Å²) in [7, 11) is 0. The van der Waals surface area contributed by atoms with Crippen LogP contribution in [0.3, 0.4) is 0 Å². The molecule has 51 heavy (non-hydrogen) atoms. The summed E-state index contributed by atoms with van der Waals surface area (Å²) in [5.74, 6) is 1.84. The minimum atomic E-state index is -0.515. The van der Waals surface area contributed by atoms with E-state index in [0.29, 0.717) is 0 Å². The third-order valence-electron chi connectivity index (χ3n) is 11.1. The van der Waals surface area contributed by atoms with E-state index in [1.54, 1.807) is 0 Å². The summed E-state index contributed by atoms with van der Waals surface area (Å²) in [6, 6.07) is 62.1. The van der Waals surface area contributed by atoms with Crippen LogP contribution in [0.5, 0.6) is 11.5 Å². The van der Waals surface area contributed by atoms with Gasteiger partial charge in [-0.1, -0.05) is 133 Å². The second kappa shape index (κ2) is 10.7. The van der Waals surface area contributed by atoms with E-state index in [4.69, 9.17) is 4.74 Å². The molecule has 0 fully saturated rings. The molecule has 9 aromatic rings. The minimum absolute atomic E-state index is 0.515. The van der Waals surface area contributed by atoms with Gasteiger partial charge in [-0.3, -0.25) is 0 Å². The second-order valence-corrected chi connectivity index (χ2v) is 14.8. The molecule has 0 saturated carbocycles. The quantitative estimate of drug-likeness (QED) is 0.186. The Kier molecular flexibility index (Phi) is 6.06. The summed E-state index contributed by atoms with van der Waals surface area (Å²) in [5.41, 5.74) is 11.7. The molecule has 0 amide bonds. The van der Waals surface area contributed by atoms with Gasteiger partial charge < -0.3 is 9.30 Å². The third kappa shape index (κ3) is 3.90. The van der Waals surface area contributed by atoms with Gasteiger partial charge in [-0.05, 0) is 94.0 Å². The Morgan fingerprint density at radius 2 is 1.14 bits per heavy atom. The van der Waals surface area contributed by atoms with Crippen LogP contribution in [0.1, 0.15) is 27.8 Å². The van der Waals surface area contributed by atoms with Crippen LogP contribution >= 0.6 is 11.8 Å². The van der Waals surface area contributed by atoms with Gasteiger partial charge in [0, 0.05) is 32.0 Å². The highest BCUT2D eigenvalue weighted by Gasteiger charge is 2.51. The van der Waals surface area contributed by atoms with E-state index >= 15 is 0 Å². The molecule has 0 N–H and O–H groups in total. The smallest absolute Gasteiger partial charge is 0.142 e. The Balaban J connectivity index is 1.23. The van der Waals surface area contributed by atoms with E-state index < -0.39 is 5.41 Å². The highest BCUT2D eigenvalue weighted by Crippen LogP contribution is 2.63. The monoisotopic (exact) mass is 669 g/mol. The Morgan fingerprint density at radius 3 is 1.92 bits per heavy atom. The lowest BCUT2D eigenvalue weighted by molar-refractivity contribution is 0.442. The first kappa shape index (κ1) is 28.8. The summed E-state index contributed by atoms with van der Waals surface area (Å²) < 4.78 is 9.62. The average molecular weight is 670 g/mol. The maximum absolute atomic E-state index is 7.19. The number of ether oxygens (including phenoxy) is 1. The minimum Gasteiger partial charge on any atom is -0.456 e. The molecule has 1 aliphatic heterocycles. The molecule has 0 atom stereocenters. The van der Waals surface area contributed by atoms with Crippen molar-refractivity contribution in [3.63, 3.8) is 0 Å². The fourth-order valence-electron chi connectivity index (χ4n) is 8.92. The van der Waals surface area contributed by atoms with Gasteiger partial charge in [-0.15, -0.1) is 0 Å². The fourth-order valence-corrected chi connectivity index (χ4v) is 9.82. The van der Waals surface area contributed by atoms with E-state index in [1.165, 1.54) is 70.4 Å². The van der Waals surface area contributed by atoms with Gasteiger partial charge in [0.1, 0.15) is 11.5 Å². The average Bonchev–Trinajstić information content (AvgIpc) is 3.68. The standard InChI is InChI=1S/C48H31NOS/c1-30-12-2-11-21-44(30)51-33-25-23-32(24-26-33)49-41-28-22-31-13-3-4-14-34(31)45(41)46-42(49)29-27-40-47(46)50-43-20-10-9-19-39(43)48(40)37-17-7-5-15-35(37)36-16-6-8-18-38(36)48/h2-29H,1H3. The summed E-state index contributed by atoms with van der Waals surface area (Å²) in [5, 5.41) is 4.80. The van der Waals surface area contributed by atoms with Crippen molar-refractivity contribution in [2.45, 2.75) is 22.1 Å². The van der Waals surface area contributed by atoms with Crippen LogP contribution in [0.25, 0.3) is 49.4 Å². The molecule has 0 saturated heterocycles. The zero-order valence-corrected chi connectivity index (χ0v) is 28.7. The number of nitrogens with zero attached hydrogens (tertiary/aromatic N) is 1. The first-order valence-electron chi connectivity index (χ1n) is 17.5. The maximum atomic E-state index is 7.19. The molecule has 8 aromatic carbocycles. The number of aromatic nitrogens is 1. The van der Waals surface area contributed by atoms with Crippen molar-refractivity contribution in [3.8, 4) is 28.3 Å². The van der Waals surface area contributed by atoms with Crippen LogP contribution in [0.2, 0.25) is 0 Å². The zero-order chi connectivity index (χ0) is 33.7. The van der Waals surface area contributed by atoms with Crippen molar-refractivity contribution in [2.75, 3.05) is 0 Å². The summed E-state index contributed by atoms with van der Waals surface area (Å²) >= 11 is 1.81. The highest BCUT2D eigenvalue weighted by molar-refractivity contribution is 7.99. The van der Waals surface area contributed by atoms with Crippen molar-refractivity contribution in [3.05, 3.63) is 198 Å².